The molecule has 2 atom stereocenters. The van der Waals surface area contributed by atoms with Crippen LogP contribution >= 0.6 is 11.8 Å². The monoisotopic (exact) mass is 435 g/mol. The molecule has 1 heterocycles. The fourth-order valence-corrected chi connectivity index (χ4v) is 4.67. The van der Waals surface area contributed by atoms with Crippen LogP contribution in [0.2, 0.25) is 0 Å². The van der Waals surface area contributed by atoms with E-state index in [1.807, 2.05) is 0 Å². The van der Waals surface area contributed by atoms with E-state index in [1.165, 1.54) is 24.9 Å². The first-order valence-corrected chi connectivity index (χ1v) is 10.4. The van der Waals surface area contributed by atoms with Crippen LogP contribution in [0.3, 0.4) is 0 Å². The molecule has 9 heteroatoms. The van der Waals surface area contributed by atoms with Crippen LogP contribution in [0.25, 0.3) is 0 Å². The number of benzene rings is 2. The molecular weight excluding hydrogens is 412 g/mol. The molecule has 3 N–H and O–H groups in total. The topological polar surface area (TPSA) is 83.0 Å². The Bertz CT molecular complexity index is 914. The maximum Gasteiger partial charge on any atom is 0.257 e. The van der Waals surface area contributed by atoms with Crippen molar-refractivity contribution in [2.24, 2.45) is 10.9 Å². The fourth-order valence-electron chi connectivity index (χ4n) is 3.47. The molecule has 2 aromatic carbocycles. The van der Waals surface area contributed by atoms with Crippen molar-refractivity contribution in [3.8, 4) is 0 Å². The molecule has 0 radical (unpaired) electrons. The second kappa shape index (κ2) is 10.1. The number of thioether (sulfide) groups is 1. The van der Waals surface area contributed by atoms with E-state index in [9.17, 15) is 18.7 Å². The number of aliphatic imine (C=N–C) groups is 1. The summed E-state index contributed by atoms with van der Waals surface area (Å²) in [6.07, 6.45) is 0.516. The minimum absolute atomic E-state index is 0.0839. The molecule has 0 spiro atoms. The summed E-state index contributed by atoms with van der Waals surface area (Å²) in [7, 11) is 1.49. The summed E-state index contributed by atoms with van der Waals surface area (Å²) in [5, 5.41) is 13.4. The van der Waals surface area contributed by atoms with E-state index >= 15 is 0 Å². The highest BCUT2D eigenvalue weighted by atomic mass is 32.2. The molecule has 2 unspecified atom stereocenters. The second-order valence-electron chi connectivity index (χ2n) is 6.84. The van der Waals surface area contributed by atoms with Gasteiger partial charge in [-0.05, 0) is 24.6 Å². The first-order valence-electron chi connectivity index (χ1n) is 9.41. The molecule has 0 fully saturated rings. The van der Waals surface area contributed by atoms with Crippen LogP contribution in [-0.2, 0) is 10.4 Å². The van der Waals surface area contributed by atoms with Gasteiger partial charge in [0.2, 0.25) is 0 Å². The van der Waals surface area contributed by atoms with E-state index in [4.69, 9.17) is 4.84 Å². The number of hydroxylamine groups is 1. The van der Waals surface area contributed by atoms with Crippen LogP contribution in [-0.4, -0.2) is 42.2 Å². The molecule has 2 aromatic rings. The zero-order chi connectivity index (χ0) is 21.6. The van der Waals surface area contributed by atoms with Crippen LogP contribution in [0.4, 0.5) is 8.78 Å². The zero-order valence-electron chi connectivity index (χ0n) is 16.4. The van der Waals surface area contributed by atoms with Crippen molar-refractivity contribution in [2.45, 2.75) is 12.0 Å². The molecule has 0 bridgehead atoms. The van der Waals surface area contributed by atoms with Gasteiger partial charge >= 0.3 is 0 Å². The van der Waals surface area contributed by atoms with Crippen molar-refractivity contribution in [2.75, 3.05) is 26.0 Å². The summed E-state index contributed by atoms with van der Waals surface area (Å²) in [6.45, 7) is -0.0496. The lowest BCUT2D eigenvalue weighted by Crippen LogP contribution is -2.46. The molecule has 0 aliphatic carbocycles. The molecule has 3 rings (SSSR count). The summed E-state index contributed by atoms with van der Waals surface area (Å²) < 4.78 is 28.2. The quantitative estimate of drug-likeness (QED) is 0.460. The molecule has 1 aliphatic heterocycles. The second-order valence-corrected chi connectivity index (χ2v) is 7.85. The van der Waals surface area contributed by atoms with Crippen LogP contribution in [0.5, 0.6) is 0 Å². The number of carbonyl (C=O) groups excluding carboxylic acids is 1. The number of nitrogens with one attached hydrogen (secondary N) is 2. The van der Waals surface area contributed by atoms with Crippen LogP contribution in [0, 0.1) is 17.6 Å². The van der Waals surface area contributed by atoms with Gasteiger partial charge in [-0.2, -0.15) is 0 Å². The molecule has 0 saturated heterocycles. The fraction of sp³-hybridized carbons (Fsp3) is 0.333. The Kier molecular flexibility index (Phi) is 7.54. The third-order valence-corrected chi connectivity index (χ3v) is 6.07. The third kappa shape index (κ3) is 4.86. The Morgan fingerprint density at radius 3 is 2.73 bits per heavy atom. The van der Waals surface area contributed by atoms with Crippen molar-refractivity contribution in [1.29, 1.82) is 0 Å². The standard InChI is InChI=1S/C21H23F2N3O3S/c1-29-24-10-9-15-12-30-20(25-19(28)14-5-3-2-4-6-14)26-21(15,13-27)17-8-7-16(22)11-18(17)23/h2-8,11,15,24,27H,9-10,12-13H2,1H3,(H,25,26,28). The number of hydrogen-bond donors (Lipinski definition) is 3. The maximum absolute atomic E-state index is 14.7. The lowest BCUT2D eigenvalue weighted by Gasteiger charge is -2.40. The van der Waals surface area contributed by atoms with E-state index in [0.29, 0.717) is 24.3 Å². The van der Waals surface area contributed by atoms with Gasteiger partial charge in [0, 0.05) is 35.4 Å². The van der Waals surface area contributed by atoms with Gasteiger partial charge in [0.15, 0.2) is 5.17 Å². The molecule has 6 nitrogen and oxygen atoms in total. The Morgan fingerprint density at radius 1 is 1.30 bits per heavy atom. The smallest absolute Gasteiger partial charge is 0.257 e. The van der Waals surface area contributed by atoms with Gasteiger partial charge in [0.25, 0.3) is 5.91 Å². The van der Waals surface area contributed by atoms with Crippen LogP contribution in [0.1, 0.15) is 22.3 Å². The first-order chi connectivity index (χ1) is 14.5. The molecular formula is C21H23F2N3O3S. The number of nitrogens with zero attached hydrogens (tertiary/aromatic N) is 1. The highest BCUT2D eigenvalue weighted by Crippen LogP contribution is 2.42. The number of carbonyl (C=O) groups is 1. The van der Waals surface area contributed by atoms with Crippen molar-refractivity contribution in [3.63, 3.8) is 0 Å². The van der Waals surface area contributed by atoms with E-state index in [1.54, 1.807) is 30.3 Å². The van der Waals surface area contributed by atoms with Gasteiger partial charge in [-0.1, -0.05) is 36.0 Å². The number of amidine groups is 1. The van der Waals surface area contributed by atoms with E-state index in [-0.39, 0.29) is 22.6 Å². The lowest BCUT2D eigenvalue weighted by molar-refractivity contribution is 0.0773. The lowest BCUT2D eigenvalue weighted by atomic mass is 9.77. The minimum atomic E-state index is -1.36. The molecule has 0 saturated carbocycles. The van der Waals surface area contributed by atoms with Gasteiger partial charge in [-0.3, -0.25) is 4.79 Å². The van der Waals surface area contributed by atoms with Crippen LogP contribution in [0.15, 0.2) is 53.5 Å². The van der Waals surface area contributed by atoms with Crippen molar-refractivity contribution < 1.29 is 23.5 Å². The van der Waals surface area contributed by atoms with Crippen molar-refractivity contribution >= 4 is 22.8 Å². The van der Waals surface area contributed by atoms with Crippen LogP contribution < -0.4 is 10.8 Å². The average molecular weight is 435 g/mol. The largest absolute Gasteiger partial charge is 0.393 e. The van der Waals surface area contributed by atoms with E-state index in [0.717, 1.165) is 12.1 Å². The first kappa shape index (κ1) is 22.4. The van der Waals surface area contributed by atoms with Gasteiger partial charge in [0.05, 0.1) is 13.7 Å². The molecule has 1 amide bonds. The maximum atomic E-state index is 14.7. The summed E-state index contributed by atoms with van der Waals surface area (Å²) in [5.74, 6) is -1.68. The number of rotatable bonds is 7. The van der Waals surface area contributed by atoms with Gasteiger partial charge in [0.1, 0.15) is 17.2 Å². The zero-order valence-corrected chi connectivity index (χ0v) is 17.2. The number of hydrogen-bond acceptors (Lipinski definition) is 6. The highest BCUT2D eigenvalue weighted by molar-refractivity contribution is 8.13. The summed E-state index contributed by atoms with van der Waals surface area (Å²) in [4.78, 5) is 22.0. The Balaban J connectivity index is 1.96. The Labute approximate surface area is 177 Å². The molecule has 1 aliphatic rings. The minimum Gasteiger partial charge on any atom is -0.393 e. The van der Waals surface area contributed by atoms with E-state index < -0.39 is 23.8 Å². The number of aliphatic hydroxyl groups is 1. The normalized spacial score (nSPS) is 21.2. The predicted octanol–water partition coefficient (Wildman–Crippen LogP) is 2.84. The number of amides is 1. The van der Waals surface area contributed by atoms with Crippen molar-refractivity contribution in [1.82, 2.24) is 10.8 Å². The molecule has 160 valence electrons. The predicted molar refractivity (Wildman–Crippen MR) is 112 cm³/mol. The summed E-state index contributed by atoms with van der Waals surface area (Å²) >= 11 is 1.32. The molecule has 30 heavy (non-hydrogen) atoms. The Hall–Kier alpha value is -2.33. The number of halogens is 2. The Morgan fingerprint density at radius 2 is 2.07 bits per heavy atom. The highest BCUT2D eigenvalue weighted by Gasteiger charge is 2.45. The van der Waals surface area contributed by atoms with E-state index in [2.05, 4.69) is 15.8 Å². The third-order valence-electron chi connectivity index (χ3n) is 5.03. The molecule has 0 aromatic heterocycles. The van der Waals surface area contributed by atoms with Crippen molar-refractivity contribution in [3.05, 3.63) is 71.3 Å². The number of aliphatic hydroxyl groups excluding tert-OH is 1. The SMILES string of the molecule is CONCCC1CSC(NC(=O)c2ccccc2)=NC1(CO)c1ccc(F)cc1F. The average Bonchev–Trinajstić information content (AvgIpc) is 2.75. The van der Waals surface area contributed by atoms with Gasteiger partial charge in [-0.15, -0.1) is 0 Å². The van der Waals surface area contributed by atoms with Gasteiger partial charge in [-0.25, -0.2) is 19.3 Å². The summed E-state index contributed by atoms with van der Waals surface area (Å²) in [5.41, 5.74) is 1.91. The van der Waals surface area contributed by atoms with Gasteiger partial charge < -0.3 is 15.3 Å². The summed E-state index contributed by atoms with van der Waals surface area (Å²) in [6, 6.07) is 11.8.